The van der Waals surface area contributed by atoms with Crippen molar-refractivity contribution in [2.75, 3.05) is 26.2 Å². The minimum Gasteiger partial charge on any atom is -0.361 e. The van der Waals surface area contributed by atoms with Crippen LogP contribution in [0.3, 0.4) is 0 Å². The quantitative estimate of drug-likeness (QED) is 0.293. The Bertz CT molecular complexity index is 1720. The molecule has 0 saturated carbocycles. The molecule has 8 nitrogen and oxygen atoms in total. The van der Waals surface area contributed by atoms with Gasteiger partial charge in [-0.05, 0) is 92.7 Å². The van der Waals surface area contributed by atoms with Crippen molar-refractivity contribution in [1.82, 2.24) is 29.7 Å². The third-order valence-corrected chi connectivity index (χ3v) is 10.1. The summed E-state index contributed by atoms with van der Waals surface area (Å²) in [4.78, 5) is 31.3. The molecule has 0 radical (unpaired) electrons. The highest BCUT2D eigenvalue weighted by Gasteiger charge is 2.41. The van der Waals surface area contributed by atoms with Crippen molar-refractivity contribution in [3.63, 3.8) is 0 Å². The van der Waals surface area contributed by atoms with Crippen LogP contribution in [-0.4, -0.2) is 79.2 Å². The summed E-state index contributed by atoms with van der Waals surface area (Å²) in [5.41, 5.74) is 10.7. The van der Waals surface area contributed by atoms with E-state index in [-0.39, 0.29) is 11.1 Å². The first kappa shape index (κ1) is 29.3. The number of hydrogen-bond donors (Lipinski definition) is 0. The van der Waals surface area contributed by atoms with Gasteiger partial charge in [0.25, 0.3) is 0 Å². The molecule has 4 aliphatic rings. The maximum Gasteiger partial charge on any atom is 0.115 e. The van der Waals surface area contributed by atoms with E-state index in [9.17, 15) is 0 Å². The van der Waals surface area contributed by atoms with Crippen molar-refractivity contribution in [2.24, 2.45) is 9.98 Å². The van der Waals surface area contributed by atoms with Gasteiger partial charge in [-0.1, -0.05) is 36.4 Å². The zero-order chi connectivity index (χ0) is 30.9. The van der Waals surface area contributed by atoms with Crippen LogP contribution in [0.15, 0.2) is 83.8 Å². The Morgan fingerprint density at radius 1 is 0.689 bits per heavy atom. The van der Waals surface area contributed by atoms with Crippen molar-refractivity contribution < 1.29 is 0 Å². The van der Waals surface area contributed by atoms with Crippen molar-refractivity contribution in [3.8, 4) is 22.3 Å². The van der Waals surface area contributed by atoms with E-state index in [0.717, 1.165) is 75.8 Å². The minimum absolute atomic E-state index is 0.0822. The molecule has 8 rings (SSSR count). The van der Waals surface area contributed by atoms with Crippen molar-refractivity contribution in [3.05, 3.63) is 96.1 Å². The highest BCUT2D eigenvalue weighted by atomic mass is 15.3. The molecular formula is C37H42N8. The van der Waals surface area contributed by atoms with E-state index in [0.29, 0.717) is 0 Å². The van der Waals surface area contributed by atoms with Crippen LogP contribution in [0.2, 0.25) is 0 Å². The Labute approximate surface area is 266 Å². The summed E-state index contributed by atoms with van der Waals surface area (Å²) in [7, 11) is 0. The van der Waals surface area contributed by atoms with Crippen molar-refractivity contribution in [1.29, 1.82) is 0 Å². The van der Waals surface area contributed by atoms with E-state index in [2.05, 4.69) is 86.9 Å². The summed E-state index contributed by atoms with van der Waals surface area (Å²) in [6, 6.07) is 13.2. The molecule has 0 bridgehead atoms. The first-order valence-electron chi connectivity index (χ1n) is 16.3. The standard InChI is InChI=1S/C19H22N4.C18H20N4/c1-3-23-12-19(22-14(23)2)8-7-18-15(9-19)5-4-6-17(18)16-10-20-13-21-11-16;1-2-22-11-18(21-13-22)7-6-17-14(8-18)4-3-5-16(17)15-9-19-12-20-10-15/h4-6,10-11,13H,3,7-9,12H2,1-2H3;3-5,9-10,12-13H,2,6-8,11H2,1H3. The van der Waals surface area contributed by atoms with E-state index in [1.54, 1.807) is 12.7 Å². The fourth-order valence-corrected chi connectivity index (χ4v) is 7.80. The van der Waals surface area contributed by atoms with Crippen LogP contribution in [0, 0.1) is 0 Å². The molecule has 0 amide bonds. The van der Waals surface area contributed by atoms with Gasteiger partial charge in [-0.3, -0.25) is 9.98 Å². The number of likely N-dealkylation sites (N-methyl/N-ethyl adjacent to an activating group) is 2. The minimum atomic E-state index is 0.0822. The zero-order valence-corrected chi connectivity index (χ0v) is 26.7. The molecule has 2 aliphatic carbocycles. The van der Waals surface area contributed by atoms with Crippen LogP contribution in [0.1, 0.15) is 55.9 Å². The molecule has 8 heteroatoms. The number of benzene rings is 2. The maximum atomic E-state index is 5.05. The summed E-state index contributed by atoms with van der Waals surface area (Å²) in [5.74, 6) is 1.20. The maximum absolute atomic E-state index is 5.05. The zero-order valence-electron chi connectivity index (χ0n) is 26.7. The molecule has 0 N–H and O–H groups in total. The lowest BCUT2D eigenvalue weighted by molar-refractivity contribution is 0.317. The Hall–Kier alpha value is -4.46. The van der Waals surface area contributed by atoms with Crippen LogP contribution in [0.4, 0.5) is 0 Å². The Balaban J connectivity index is 0.000000145. The molecule has 2 aliphatic heterocycles. The Kier molecular flexibility index (Phi) is 7.90. The number of hydrogen-bond acceptors (Lipinski definition) is 8. The van der Waals surface area contributed by atoms with Crippen molar-refractivity contribution in [2.45, 2.75) is 70.4 Å². The number of aliphatic imine (C=N–C) groups is 2. The van der Waals surface area contributed by atoms with Crippen LogP contribution < -0.4 is 0 Å². The van der Waals surface area contributed by atoms with Crippen LogP contribution in [0.25, 0.3) is 22.3 Å². The molecule has 2 atom stereocenters. The summed E-state index contributed by atoms with van der Waals surface area (Å²) in [6.45, 7) is 10.8. The number of aromatic nitrogens is 4. The molecule has 2 aromatic heterocycles. The van der Waals surface area contributed by atoms with Gasteiger partial charge in [0, 0.05) is 62.1 Å². The summed E-state index contributed by atoms with van der Waals surface area (Å²) >= 11 is 0. The van der Waals surface area contributed by atoms with Gasteiger partial charge >= 0.3 is 0 Å². The number of nitrogens with zero attached hydrogens (tertiary/aromatic N) is 8. The number of rotatable bonds is 4. The summed E-state index contributed by atoms with van der Waals surface area (Å²) in [6.07, 6.45) is 19.3. The average molecular weight is 599 g/mol. The largest absolute Gasteiger partial charge is 0.361 e. The highest BCUT2D eigenvalue weighted by Crippen LogP contribution is 2.40. The molecule has 2 aromatic carbocycles. The van der Waals surface area contributed by atoms with E-state index < -0.39 is 0 Å². The molecule has 45 heavy (non-hydrogen) atoms. The van der Waals surface area contributed by atoms with E-state index in [1.807, 2.05) is 31.1 Å². The average Bonchev–Trinajstić information content (AvgIpc) is 3.63. The highest BCUT2D eigenvalue weighted by molar-refractivity contribution is 5.82. The van der Waals surface area contributed by atoms with Crippen molar-refractivity contribution >= 4 is 12.2 Å². The third-order valence-electron chi connectivity index (χ3n) is 10.1. The second kappa shape index (κ2) is 12.1. The molecule has 4 aromatic rings. The lowest BCUT2D eigenvalue weighted by atomic mass is 9.76. The third kappa shape index (κ3) is 5.74. The SMILES string of the molecule is CCN1C=NC2(CCc3c(cccc3-c3cncnc3)C2)C1.CCN1CC2(CCc3c(cccc3-c3cncnc3)C2)N=C1C. The Morgan fingerprint density at radius 3 is 1.76 bits per heavy atom. The summed E-state index contributed by atoms with van der Waals surface area (Å²) < 4.78 is 0. The first-order chi connectivity index (χ1) is 22.0. The smallest absolute Gasteiger partial charge is 0.115 e. The predicted molar refractivity (Wildman–Crippen MR) is 181 cm³/mol. The molecule has 0 saturated heterocycles. The van der Waals surface area contributed by atoms with Gasteiger partial charge in [0.1, 0.15) is 12.7 Å². The first-order valence-corrected chi connectivity index (χ1v) is 16.3. The topological polar surface area (TPSA) is 82.8 Å². The second-order valence-corrected chi connectivity index (χ2v) is 12.9. The molecule has 2 spiro atoms. The van der Waals surface area contributed by atoms with Gasteiger partial charge < -0.3 is 9.80 Å². The second-order valence-electron chi connectivity index (χ2n) is 12.9. The van der Waals surface area contributed by atoms with Gasteiger partial charge in [0.15, 0.2) is 0 Å². The molecule has 0 fully saturated rings. The van der Waals surface area contributed by atoms with Crippen LogP contribution >= 0.6 is 0 Å². The van der Waals surface area contributed by atoms with E-state index >= 15 is 0 Å². The summed E-state index contributed by atoms with van der Waals surface area (Å²) in [5, 5.41) is 0. The van der Waals surface area contributed by atoms with Crippen LogP contribution in [0.5, 0.6) is 0 Å². The lowest BCUT2D eigenvalue weighted by Gasteiger charge is -2.34. The molecule has 230 valence electrons. The van der Waals surface area contributed by atoms with E-state index in [1.165, 1.54) is 39.2 Å². The van der Waals surface area contributed by atoms with E-state index in [4.69, 9.17) is 9.98 Å². The Morgan fingerprint density at radius 2 is 1.24 bits per heavy atom. The lowest BCUT2D eigenvalue weighted by Crippen LogP contribution is -2.40. The predicted octanol–water partition coefficient (Wildman–Crippen LogP) is 5.86. The normalized spacial score (nSPS) is 23.0. The monoisotopic (exact) mass is 598 g/mol. The van der Waals surface area contributed by atoms with Crippen LogP contribution in [-0.2, 0) is 25.7 Å². The molecular weight excluding hydrogens is 556 g/mol. The molecule has 4 heterocycles. The number of amidine groups is 1. The number of fused-ring (bicyclic) bond motifs is 2. The molecule has 2 unspecified atom stereocenters. The van der Waals surface area contributed by atoms with Gasteiger partial charge in [0.2, 0.25) is 0 Å². The fourth-order valence-electron chi connectivity index (χ4n) is 7.80. The van der Waals surface area contributed by atoms with Gasteiger partial charge in [-0.2, -0.15) is 0 Å². The van der Waals surface area contributed by atoms with Gasteiger partial charge in [0.05, 0.1) is 23.3 Å². The fraction of sp³-hybridized carbons (Fsp3) is 0.405. The van der Waals surface area contributed by atoms with Gasteiger partial charge in [-0.15, -0.1) is 0 Å². The van der Waals surface area contributed by atoms with Gasteiger partial charge in [-0.25, -0.2) is 19.9 Å².